The number of Topliss-reactive ketones (excluding diaryl/α,β-unsaturated/α-hetero) is 1. The molecule has 0 atom stereocenters. The number of aryl methyl sites for hydroxylation is 1. The molecule has 1 aromatic heterocycles. The lowest BCUT2D eigenvalue weighted by molar-refractivity contribution is -0.147. The summed E-state index contributed by atoms with van der Waals surface area (Å²) in [4.78, 5) is 50.8. The van der Waals surface area contributed by atoms with E-state index >= 15 is 0 Å². The fourth-order valence-electron chi connectivity index (χ4n) is 2.98. The maximum Gasteiger partial charge on any atom is 0.306 e. The molecule has 152 valence electrons. The summed E-state index contributed by atoms with van der Waals surface area (Å²) in [6, 6.07) is 10.5. The first-order valence-corrected chi connectivity index (χ1v) is 10.2. The first-order chi connectivity index (χ1) is 13.9. The van der Waals surface area contributed by atoms with E-state index in [4.69, 9.17) is 4.74 Å². The molecule has 1 N–H and O–H groups in total. The molecule has 29 heavy (non-hydrogen) atoms. The van der Waals surface area contributed by atoms with Crippen LogP contribution in [0.25, 0.3) is 0 Å². The zero-order chi connectivity index (χ0) is 20.8. The molecule has 2 heterocycles. The molecular formula is C21H22N2O5S. The van der Waals surface area contributed by atoms with E-state index in [9.17, 15) is 19.2 Å². The Morgan fingerprint density at radius 2 is 1.86 bits per heavy atom. The van der Waals surface area contributed by atoms with E-state index in [1.54, 1.807) is 35.2 Å². The number of carbonyl (C=O) groups is 4. The Morgan fingerprint density at radius 1 is 1.10 bits per heavy atom. The lowest BCUT2D eigenvalue weighted by Crippen LogP contribution is -2.24. The van der Waals surface area contributed by atoms with Crippen molar-refractivity contribution in [1.82, 2.24) is 0 Å². The molecule has 0 aliphatic carbocycles. The first kappa shape index (κ1) is 20.7. The van der Waals surface area contributed by atoms with Gasteiger partial charge < -0.3 is 15.0 Å². The summed E-state index contributed by atoms with van der Waals surface area (Å²) in [6.07, 6.45) is 1.39. The summed E-state index contributed by atoms with van der Waals surface area (Å²) >= 11 is 1.39. The largest absolute Gasteiger partial charge is 0.456 e. The number of carbonyl (C=O) groups excluding carboxylic acids is 4. The van der Waals surface area contributed by atoms with Crippen molar-refractivity contribution in [2.45, 2.75) is 32.6 Å². The minimum absolute atomic E-state index is 0.0527. The zero-order valence-corrected chi connectivity index (χ0v) is 16.9. The molecule has 8 heteroatoms. The van der Waals surface area contributed by atoms with Crippen LogP contribution in [0.2, 0.25) is 0 Å². The fraction of sp³-hybridized carbons (Fsp3) is 0.333. The lowest BCUT2D eigenvalue weighted by atomic mass is 10.2. The number of benzene rings is 1. The van der Waals surface area contributed by atoms with Crippen molar-refractivity contribution in [1.29, 1.82) is 0 Å². The average molecular weight is 414 g/mol. The van der Waals surface area contributed by atoms with Gasteiger partial charge in [-0.2, -0.15) is 0 Å². The quantitative estimate of drug-likeness (QED) is 0.528. The predicted molar refractivity (Wildman–Crippen MR) is 110 cm³/mol. The molecule has 1 saturated heterocycles. The van der Waals surface area contributed by atoms with Gasteiger partial charge in [-0.05, 0) is 49.7 Å². The molecule has 3 rings (SSSR count). The number of nitrogens with zero attached hydrogens (tertiary/aromatic N) is 1. The van der Waals surface area contributed by atoms with Gasteiger partial charge in [0.1, 0.15) is 0 Å². The molecule has 0 radical (unpaired) electrons. The number of amides is 2. The Kier molecular flexibility index (Phi) is 6.77. The van der Waals surface area contributed by atoms with Gasteiger partial charge in [-0.3, -0.25) is 19.2 Å². The number of rotatable bonds is 8. The van der Waals surface area contributed by atoms with Gasteiger partial charge in [0.2, 0.25) is 5.91 Å². The van der Waals surface area contributed by atoms with Crippen molar-refractivity contribution >= 4 is 46.3 Å². The second-order valence-corrected chi connectivity index (χ2v) is 8.03. The Hall–Kier alpha value is -3.00. The van der Waals surface area contributed by atoms with Crippen LogP contribution >= 0.6 is 11.3 Å². The van der Waals surface area contributed by atoms with Gasteiger partial charge in [-0.1, -0.05) is 0 Å². The van der Waals surface area contributed by atoms with E-state index in [1.165, 1.54) is 11.3 Å². The molecular weight excluding hydrogens is 392 g/mol. The molecule has 2 aromatic rings. The molecule has 1 fully saturated rings. The molecule has 0 saturated carbocycles. The van der Waals surface area contributed by atoms with Crippen LogP contribution in [-0.4, -0.2) is 36.7 Å². The maximum absolute atomic E-state index is 12.0. The standard InChI is InChI=1S/C21H22N2O5S/c1-14-4-10-18(29-14)17(24)9-11-21(27)28-13-19(25)22-15-5-7-16(8-6-15)23-12-2-3-20(23)26/h4-8,10H,2-3,9,11-13H2,1H3,(H,22,25). The van der Waals surface area contributed by atoms with Gasteiger partial charge in [-0.25, -0.2) is 0 Å². The van der Waals surface area contributed by atoms with Gasteiger partial charge in [0, 0.05) is 35.6 Å². The van der Waals surface area contributed by atoms with Crippen LogP contribution in [0.1, 0.15) is 40.2 Å². The number of thiophene rings is 1. The van der Waals surface area contributed by atoms with Crippen LogP contribution in [0.5, 0.6) is 0 Å². The predicted octanol–water partition coefficient (Wildman–Crippen LogP) is 3.33. The molecule has 0 spiro atoms. The molecule has 1 aliphatic rings. The second kappa shape index (κ2) is 9.47. The third-order valence-corrected chi connectivity index (χ3v) is 5.51. The highest BCUT2D eigenvalue weighted by Crippen LogP contribution is 2.23. The molecule has 2 amide bonds. The molecule has 0 unspecified atom stereocenters. The van der Waals surface area contributed by atoms with Crippen LogP contribution in [-0.2, 0) is 19.1 Å². The average Bonchev–Trinajstić information content (AvgIpc) is 3.33. The number of anilines is 2. The minimum atomic E-state index is -0.593. The molecule has 7 nitrogen and oxygen atoms in total. The Balaban J connectivity index is 1.39. The summed E-state index contributed by atoms with van der Waals surface area (Å²) in [5, 5.41) is 2.63. The maximum atomic E-state index is 12.0. The highest BCUT2D eigenvalue weighted by Gasteiger charge is 2.21. The van der Waals surface area contributed by atoms with Crippen molar-refractivity contribution in [2.24, 2.45) is 0 Å². The van der Waals surface area contributed by atoms with E-state index in [0.29, 0.717) is 23.5 Å². The van der Waals surface area contributed by atoms with Crippen molar-refractivity contribution in [2.75, 3.05) is 23.4 Å². The number of ether oxygens (including phenoxy) is 1. The molecule has 0 bridgehead atoms. The van der Waals surface area contributed by atoms with E-state index in [-0.39, 0.29) is 24.5 Å². The van der Waals surface area contributed by atoms with Crippen LogP contribution in [0, 0.1) is 6.92 Å². The summed E-state index contributed by atoms with van der Waals surface area (Å²) in [6.45, 7) is 2.19. The van der Waals surface area contributed by atoms with Crippen molar-refractivity contribution in [3.63, 3.8) is 0 Å². The third kappa shape index (κ3) is 5.74. The summed E-state index contributed by atoms with van der Waals surface area (Å²) < 4.78 is 4.93. The minimum Gasteiger partial charge on any atom is -0.456 e. The van der Waals surface area contributed by atoms with E-state index < -0.39 is 18.5 Å². The van der Waals surface area contributed by atoms with Crippen LogP contribution in [0.4, 0.5) is 11.4 Å². The van der Waals surface area contributed by atoms with Crippen LogP contribution < -0.4 is 10.2 Å². The number of hydrogen-bond acceptors (Lipinski definition) is 6. The lowest BCUT2D eigenvalue weighted by Gasteiger charge is -2.16. The Labute approximate surface area is 172 Å². The smallest absolute Gasteiger partial charge is 0.306 e. The van der Waals surface area contributed by atoms with E-state index in [0.717, 1.165) is 17.0 Å². The van der Waals surface area contributed by atoms with Gasteiger partial charge in [0.05, 0.1) is 11.3 Å². The topological polar surface area (TPSA) is 92.8 Å². The highest BCUT2D eigenvalue weighted by molar-refractivity contribution is 7.14. The number of nitrogens with one attached hydrogen (secondary N) is 1. The van der Waals surface area contributed by atoms with E-state index in [1.807, 2.05) is 13.0 Å². The van der Waals surface area contributed by atoms with Crippen LogP contribution in [0.3, 0.4) is 0 Å². The summed E-state index contributed by atoms with van der Waals surface area (Å²) in [7, 11) is 0. The number of esters is 1. The normalized spacial score (nSPS) is 13.4. The number of hydrogen-bond donors (Lipinski definition) is 1. The fourth-order valence-corrected chi connectivity index (χ4v) is 3.82. The Morgan fingerprint density at radius 3 is 2.48 bits per heavy atom. The van der Waals surface area contributed by atoms with Gasteiger partial charge in [-0.15, -0.1) is 11.3 Å². The highest BCUT2D eigenvalue weighted by atomic mass is 32.1. The summed E-state index contributed by atoms with van der Waals surface area (Å²) in [5.41, 5.74) is 1.34. The monoisotopic (exact) mass is 414 g/mol. The SMILES string of the molecule is Cc1ccc(C(=O)CCC(=O)OCC(=O)Nc2ccc(N3CCCC3=O)cc2)s1. The van der Waals surface area contributed by atoms with E-state index in [2.05, 4.69) is 5.32 Å². The van der Waals surface area contributed by atoms with Crippen molar-refractivity contribution < 1.29 is 23.9 Å². The molecule has 1 aliphatic heterocycles. The van der Waals surface area contributed by atoms with Crippen molar-refractivity contribution in [3.05, 3.63) is 46.2 Å². The van der Waals surface area contributed by atoms with Crippen molar-refractivity contribution in [3.8, 4) is 0 Å². The molecule has 1 aromatic carbocycles. The Bertz CT molecular complexity index is 919. The first-order valence-electron chi connectivity index (χ1n) is 9.38. The zero-order valence-electron chi connectivity index (χ0n) is 16.1. The van der Waals surface area contributed by atoms with Gasteiger partial charge in [0.15, 0.2) is 12.4 Å². The van der Waals surface area contributed by atoms with Gasteiger partial charge in [0.25, 0.3) is 5.91 Å². The summed E-state index contributed by atoms with van der Waals surface area (Å²) in [5.74, 6) is -1.07. The number of ketones is 1. The van der Waals surface area contributed by atoms with Crippen LogP contribution in [0.15, 0.2) is 36.4 Å². The van der Waals surface area contributed by atoms with Gasteiger partial charge >= 0.3 is 5.97 Å². The second-order valence-electron chi connectivity index (χ2n) is 6.74. The third-order valence-electron chi connectivity index (χ3n) is 4.47.